The maximum absolute atomic E-state index is 12.6. The molecule has 2 atom stereocenters. The number of hydrogen-bond donors (Lipinski definition) is 2. The topological polar surface area (TPSA) is 76.0 Å². The van der Waals surface area contributed by atoms with Gasteiger partial charge in [0.2, 0.25) is 0 Å². The largest absolute Gasteiger partial charge is 0.508 e. The van der Waals surface area contributed by atoms with Crippen LogP contribution in [-0.2, 0) is 11.2 Å². The molecule has 0 saturated heterocycles. The van der Waals surface area contributed by atoms with E-state index in [0.29, 0.717) is 16.9 Å². The fourth-order valence-electron chi connectivity index (χ4n) is 3.26. The minimum absolute atomic E-state index is 0.0854. The summed E-state index contributed by atoms with van der Waals surface area (Å²) in [5, 5.41) is 19.9. The van der Waals surface area contributed by atoms with Crippen LogP contribution in [0.2, 0.25) is 0 Å². The lowest BCUT2D eigenvalue weighted by molar-refractivity contribution is -0.0188. The van der Waals surface area contributed by atoms with Crippen molar-refractivity contribution in [1.29, 1.82) is 0 Å². The van der Waals surface area contributed by atoms with Gasteiger partial charge in [-0.1, -0.05) is 48.5 Å². The van der Waals surface area contributed by atoms with E-state index in [-0.39, 0.29) is 17.9 Å². The van der Waals surface area contributed by atoms with Crippen LogP contribution in [0.4, 0.5) is 0 Å². The fourth-order valence-corrected chi connectivity index (χ4v) is 3.26. The first kappa shape index (κ1) is 17.0. The van der Waals surface area contributed by atoms with Crippen LogP contribution in [0.25, 0.3) is 0 Å². The Balaban J connectivity index is 1.69. The number of fused-ring (bicyclic) bond motifs is 1. The molecule has 0 amide bonds. The molecule has 0 spiro atoms. The molecule has 2 N–H and O–H groups in total. The second-order valence-corrected chi connectivity index (χ2v) is 6.40. The Hall–Kier alpha value is -3.47. The Kier molecular flexibility index (Phi) is 4.42. The number of phenolic OH excluding ortho intramolecular Hbond substituents is 2. The zero-order valence-corrected chi connectivity index (χ0v) is 14.4. The lowest BCUT2D eigenvalue weighted by Crippen LogP contribution is -2.34. The number of carbonyl (C=O) groups is 1. The standard InChI is InChI=1S/C22H18O5/c23-16-11-18(24)17-13-20(27-22(25)15-9-5-2-6-10-15)21(26-19(17)12-16)14-7-3-1-4-8-14/h1-12,20-21,23-24H,13H2/t20-,21-/m1/s1. The molecule has 27 heavy (non-hydrogen) atoms. The predicted molar refractivity (Wildman–Crippen MR) is 98.9 cm³/mol. The molecule has 5 heteroatoms. The van der Waals surface area contributed by atoms with Gasteiger partial charge in [0.05, 0.1) is 5.56 Å². The third-order valence-corrected chi connectivity index (χ3v) is 4.56. The number of aromatic hydroxyl groups is 2. The van der Waals surface area contributed by atoms with Gasteiger partial charge in [0.1, 0.15) is 23.4 Å². The molecule has 0 aromatic heterocycles. The van der Waals surface area contributed by atoms with Gasteiger partial charge in [-0.3, -0.25) is 0 Å². The third kappa shape index (κ3) is 3.44. The highest BCUT2D eigenvalue weighted by Crippen LogP contribution is 2.42. The average molecular weight is 362 g/mol. The Bertz CT molecular complexity index is 953. The van der Waals surface area contributed by atoms with Crippen LogP contribution < -0.4 is 4.74 Å². The summed E-state index contributed by atoms with van der Waals surface area (Å²) < 4.78 is 11.8. The summed E-state index contributed by atoms with van der Waals surface area (Å²) in [5.41, 5.74) is 1.80. The summed E-state index contributed by atoms with van der Waals surface area (Å²) in [6.45, 7) is 0. The molecule has 1 aliphatic heterocycles. The van der Waals surface area contributed by atoms with Gasteiger partial charge < -0.3 is 19.7 Å². The predicted octanol–water partition coefficient (Wildman–Crippen LogP) is 4.00. The van der Waals surface area contributed by atoms with Gasteiger partial charge in [-0.2, -0.15) is 0 Å². The molecule has 0 bridgehead atoms. The summed E-state index contributed by atoms with van der Waals surface area (Å²) in [5.74, 6) is -0.240. The summed E-state index contributed by atoms with van der Waals surface area (Å²) in [7, 11) is 0. The summed E-state index contributed by atoms with van der Waals surface area (Å²) in [6, 6.07) is 20.9. The van der Waals surface area contributed by atoms with Gasteiger partial charge in [-0.05, 0) is 17.7 Å². The van der Waals surface area contributed by atoms with E-state index in [2.05, 4.69) is 0 Å². The molecule has 0 unspecified atom stereocenters. The lowest BCUT2D eigenvalue weighted by Gasteiger charge is -2.34. The zero-order chi connectivity index (χ0) is 18.8. The number of carbonyl (C=O) groups excluding carboxylic acids is 1. The van der Waals surface area contributed by atoms with E-state index >= 15 is 0 Å². The molecular formula is C22H18O5. The van der Waals surface area contributed by atoms with E-state index in [4.69, 9.17) is 9.47 Å². The number of phenols is 2. The van der Waals surface area contributed by atoms with Gasteiger partial charge >= 0.3 is 5.97 Å². The summed E-state index contributed by atoms with van der Waals surface area (Å²) in [4.78, 5) is 12.6. The second kappa shape index (κ2) is 7.03. The molecule has 5 nitrogen and oxygen atoms in total. The van der Waals surface area contributed by atoms with Crippen LogP contribution >= 0.6 is 0 Å². The van der Waals surface area contributed by atoms with Crippen LogP contribution in [0.1, 0.15) is 27.6 Å². The SMILES string of the molecule is O=C(O[C@@H]1Cc2c(O)cc(O)cc2O[C@@H]1c1ccccc1)c1ccccc1. The van der Waals surface area contributed by atoms with E-state index < -0.39 is 18.2 Å². The molecule has 0 fully saturated rings. The minimum atomic E-state index is -0.622. The van der Waals surface area contributed by atoms with Crippen molar-refractivity contribution >= 4 is 5.97 Å². The Labute approximate surface area is 156 Å². The van der Waals surface area contributed by atoms with Gasteiger partial charge in [-0.25, -0.2) is 4.79 Å². The molecule has 1 heterocycles. The first-order valence-electron chi connectivity index (χ1n) is 8.64. The molecule has 1 aliphatic rings. The molecule has 0 radical (unpaired) electrons. The van der Waals surface area contributed by atoms with Crippen molar-refractivity contribution in [3.8, 4) is 17.2 Å². The molecule has 3 aromatic carbocycles. The maximum atomic E-state index is 12.6. The van der Waals surface area contributed by atoms with Crippen molar-refractivity contribution < 1.29 is 24.5 Å². The molecule has 3 aromatic rings. The van der Waals surface area contributed by atoms with Crippen LogP contribution in [0.3, 0.4) is 0 Å². The lowest BCUT2D eigenvalue weighted by atomic mass is 9.93. The average Bonchev–Trinajstić information content (AvgIpc) is 2.69. The highest BCUT2D eigenvalue weighted by Gasteiger charge is 2.36. The van der Waals surface area contributed by atoms with Crippen molar-refractivity contribution in [2.45, 2.75) is 18.6 Å². The number of ether oxygens (including phenoxy) is 2. The molecule has 0 aliphatic carbocycles. The van der Waals surface area contributed by atoms with E-state index in [1.165, 1.54) is 12.1 Å². The second-order valence-electron chi connectivity index (χ2n) is 6.40. The Morgan fingerprint density at radius 2 is 1.63 bits per heavy atom. The van der Waals surface area contributed by atoms with Crippen LogP contribution in [0, 0.1) is 0 Å². The summed E-state index contributed by atoms with van der Waals surface area (Å²) >= 11 is 0. The van der Waals surface area contributed by atoms with Gasteiger partial charge in [0.25, 0.3) is 0 Å². The minimum Gasteiger partial charge on any atom is -0.508 e. The number of hydrogen-bond acceptors (Lipinski definition) is 5. The smallest absolute Gasteiger partial charge is 0.338 e. The van der Waals surface area contributed by atoms with Crippen molar-refractivity contribution in [1.82, 2.24) is 0 Å². The van der Waals surface area contributed by atoms with Crippen molar-refractivity contribution in [3.05, 3.63) is 89.5 Å². The van der Waals surface area contributed by atoms with E-state index in [1.807, 2.05) is 36.4 Å². The number of rotatable bonds is 3. The monoisotopic (exact) mass is 362 g/mol. The van der Waals surface area contributed by atoms with Crippen LogP contribution in [0.15, 0.2) is 72.8 Å². The Morgan fingerprint density at radius 3 is 2.33 bits per heavy atom. The molecular weight excluding hydrogens is 344 g/mol. The van der Waals surface area contributed by atoms with E-state index in [1.54, 1.807) is 24.3 Å². The van der Waals surface area contributed by atoms with Gasteiger partial charge in [-0.15, -0.1) is 0 Å². The molecule has 0 saturated carbocycles. The molecule has 136 valence electrons. The highest BCUT2D eigenvalue weighted by atomic mass is 16.6. The van der Waals surface area contributed by atoms with Gasteiger partial charge in [0, 0.05) is 24.1 Å². The number of benzene rings is 3. The maximum Gasteiger partial charge on any atom is 0.338 e. The van der Waals surface area contributed by atoms with Crippen molar-refractivity contribution in [2.75, 3.05) is 0 Å². The van der Waals surface area contributed by atoms with Crippen molar-refractivity contribution in [3.63, 3.8) is 0 Å². The van der Waals surface area contributed by atoms with Gasteiger partial charge in [0.15, 0.2) is 6.10 Å². The first-order valence-corrected chi connectivity index (χ1v) is 8.64. The Morgan fingerprint density at radius 1 is 0.963 bits per heavy atom. The quantitative estimate of drug-likeness (QED) is 0.689. The zero-order valence-electron chi connectivity index (χ0n) is 14.4. The van der Waals surface area contributed by atoms with Crippen molar-refractivity contribution in [2.24, 2.45) is 0 Å². The third-order valence-electron chi connectivity index (χ3n) is 4.56. The fraction of sp³-hybridized carbons (Fsp3) is 0.136. The molecule has 4 rings (SSSR count). The summed E-state index contributed by atoms with van der Waals surface area (Å²) in [6.07, 6.45) is -0.893. The number of esters is 1. The van der Waals surface area contributed by atoms with E-state index in [0.717, 1.165) is 5.56 Å². The van der Waals surface area contributed by atoms with Crippen LogP contribution in [0.5, 0.6) is 17.2 Å². The van der Waals surface area contributed by atoms with Crippen LogP contribution in [-0.4, -0.2) is 22.3 Å². The normalized spacial score (nSPS) is 18.2. The van der Waals surface area contributed by atoms with E-state index in [9.17, 15) is 15.0 Å². The first-order chi connectivity index (χ1) is 13.1. The highest BCUT2D eigenvalue weighted by molar-refractivity contribution is 5.89.